The topological polar surface area (TPSA) is 47.5 Å². The molecule has 0 bridgehead atoms. The molecule has 0 saturated heterocycles. The van der Waals surface area contributed by atoms with Gasteiger partial charge in [-0.3, -0.25) is 10.1 Å². The number of nitro groups is 1. The van der Waals surface area contributed by atoms with E-state index in [0.29, 0.717) is 10.0 Å². The van der Waals surface area contributed by atoms with Crippen molar-refractivity contribution in [2.24, 2.45) is 0 Å². The van der Waals surface area contributed by atoms with Crippen molar-refractivity contribution in [2.45, 2.75) is 13.0 Å². The highest BCUT2D eigenvalue weighted by molar-refractivity contribution is 9.10. The fourth-order valence-electron chi connectivity index (χ4n) is 1.07. The molecule has 1 unspecified atom stereocenters. The van der Waals surface area contributed by atoms with E-state index in [1.807, 2.05) is 0 Å². The van der Waals surface area contributed by atoms with Crippen molar-refractivity contribution >= 4 is 21.6 Å². The molecule has 14 heavy (non-hydrogen) atoms. The van der Waals surface area contributed by atoms with Gasteiger partial charge in [-0.15, -0.1) is 0 Å². The Morgan fingerprint density at radius 2 is 2.29 bits per heavy atom. The van der Waals surface area contributed by atoms with E-state index in [9.17, 15) is 10.1 Å². The van der Waals surface area contributed by atoms with Crippen LogP contribution in [0.25, 0.3) is 4.85 Å². The van der Waals surface area contributed by atoms with Gasteiger partial charge in [-0.05, 0) is 22.0 Å². The van der Waals surface area contributed by atoms with Crippen molar-refractivity contribution in [1.82, 2.24) is 0 Å². The Kier molecular flexibility index (Phi) is 3.20. The zero-order valence-corrected chi connectivity index (χ0v) is 8.98. The maximum absolute atomic E-state index is 10.6. The first-order chi connectivity index (χ1) is 6.57. The van der Waals surface area contributed by atoms with E-state index in [4.69, 9.17) is 6.57 Å². The van der Waals surface area contributed by atoms with Gasteiger partial charge >= 0.3 is 0 Å². The lowest BCUT2D eigenvalue weighted by atomic mass is 10.1. The van der Waals surface area contributed by atoms with Gasteiger partial charge in [-0.1, -0.05) is 6.07 Å². The summed E-state index contributed by atoms with van der Waals surface area (Å²) in [7, 11) is 0. The van der Waals surface area contributed by atoms with Gasteiger partial charge in [0.1, 0.15) is 4.47 Å². The Labute approximate surface area is 89.6 Å². The van der Waals surface area contributed by atoms with Gasteiger partial charge in [0.15, 0.2) is 0 Å². The average Bonchev–Trinajstić information content (AvgIpc) is 2.16. The molecular weight excluding hydrogens is 248 g/mol. The lowest BCUT2D eigenvalue weighted by molar-refractivity contribution is -0.385. The van der Waals surface area contributed by atoms with E-state index < -0.39 is 4.92 Å². The van der Waals surface area contributed by atoms with Crippen LogP contribution in [-0.2, 0) is 0 Å². The molecule has 1 aromatic carbocycles. The molecule has 1 rings (SSSR count). The third kappa shape index (κ3) is 1.91. The summed E-state index contributed by atoms with van der Waals surface area (Å²) in [5.74, 6) is 0. The van der Waals surface area contributed by atoms with Gasteiger partial charge in [0.2, 0.25) is 6.04 Å². The fourth-order valence-corrected chi connectivity index (χ4v) is 1.81. The number of hydrogen-bond donors (Lipinski definition) is 0. The summed E-state index contributed by atoms with van der Waals surface area (Å²) in [5.41, 5.74) is 0.646. The molecule has 0 N–H and O–H groups in total. The van der Waals surface area contributed by atoms with E-state index in [1.54, 1.807) is 19.1 Å². The van der Waals surface area contributed by atoms with E-state index in [2.05, 4.69) is 20.8 Å². The first-order valence-electron chi connectivity index (χ1n) is 3.87. The molecule has 4 nitrogen and oxygen atoms in total. The maximum Gasteiger partial charge on any atom is 0.284 e. The summed E-state index contributed by atoms with van der Waals surface area (Å²) in [6.07, 6.45) is 0. The van der Waals surface area contributed by atoms with E-state index in [1.165, 1.54) is 6.07 Å². The Morgan fingerprint density at radius 1 is 1.64 bits per heavy atom. The van der Waals surface area contributed by atoms with Crippen LogP contribution in [-0.4, -0.2) is 4.92 Å². The lowest BCUT2D eigenvalue weighted by Gasteiger charge is -2.02. The minimum absolute atomic E-state index is 0.00185. The molecule has 0 aliphatic rings. The predicted octanol–water partition coefficient (Wildman–Crippen LogP) is 3.34. The summed E-state index contributed by atoms with van der Waals surface area (Å²) in [5, 5.41) is 10.6. The molecule has 0 amide bonds. The summed E-state index contributed by atoms with van der Waals surface area (Å²) >= 11 is 3.14. The summed E-state index contributed by atoms with van der Waals surface area (Å²) in [6.45, 7) is 8.56. The van der Waals surface area contributed by atoms with Gasteiger partial charge < -0.3 is 4.85 Å². The minimum atomic E-state index is -0.468. The lowest BCUT2D eigenvalue weighted by Crippen LogP contribution is -1.94. The number of rotatable bonds is 2. The second kappa shape index (κ2) is 4.20. The molecule has 5 heteroatoms. The van der Waals surface area contributed by atoms with Crippen LogP contribution in [0.2, 0.25) is 0 Å². The van der Waals surface area contributed by atoms with Crippen LogP contribution in [0.4, 0.5) is 5.69 Å². The molecule has 0 aliphatic heterocycles. The number of hydrogen-bond acceptors (Lipinski definition) is 2. The molecule has 1 atom stereocenters. The number of benzene rings is 1. The Morgan fingerprint density at radius 3 is 2.79 bits per heavy atom. The SMILES string of the molecule is [C-]#[N+]C(C)c1cccc([N+](=O)[O-])c1Br. The highest BCUT2D eigenvalue weighted by Crippen LogP contribution is 2.33. The van der Waals surface area contributed by atoms with E-state index in [-0.39, 0.29) is 11.7 Å². The van der Waals surface area contributed by atoms with Crippen molar-refractivity contribution in [2.75, 3.05) is 0 Å². The van der Waals surface area contributed by atoms with Crippen LogP contribution in [0.5, 0.6) is 0 Å². The monoisotopic (exact) mass is 254 g/mol. The van der Waals surface area contributed by atoms with Crippen LogP contribution in [0.1, 0.15) is 18.5 Å². The molecule has 0 radical (unpaired) electrons. The maximum atomic E-state index is 10.6. The largest absolute Gasteiger partial charge is 0.309 e. The summed E-state index contributed by atoms with van der Waals surface area (Å²) in [6, 6.07) is 4.33. The quantitative estimate of drug-likeness (QED) is 0.462. The van der Waals surface area contributed by atoms with Gasteiger partial charge in [-0.25, -0.2) is 6.57 Å². The molecular formula is C9H7BrN2O2. The first-order valence-corrected chi connectivity index (χ1v) is 4.66. The van der Waals surface area contributed by atoms with Crippen molar-refractivity contribution in [1.29, 1.82) is 0 Å². The van der Waals surface area contributed by atoms with Gasteiger partial charge in [0.05, 0.1) is 10.5 Å². The molecule has 0 saturated carbocycles. The third-order valence-corrected chi connectivity index (χ3v) is 2.71. The standard InChI is InChI=1S/C9H7BrN2O2/c1-6(11-2)7-4-3-5-8(9(7)10)12(13)14/h3-6H,1H3. The summed E-state index contributed by atoms with van der Waals surface area (Å²) in [4.78, 5) is 13.4. The van der Waals surface area contributed by atoms with Crippen LogP contribution in [0.15, 0.2) is 22.7 Å². The molecule has 0 aliphatic carbocycles. The van der Waals surface area contributed by atoms with Crippen molar-refractivity contribution in [3.05, 3.63) is 49.8 Å². The van der Waals surface area contributed by atoms with Gasteiger partial charge in [-0.2, -0.15) is 0 Å². The highest BCUT2D eigenvalue weighted by atomic mass is 79.9. The number of nitro benzene ring substituents is 1. The summed E-state index contributed by atoms with van der Waals surface area (Å²) < 4.78 is 0.397. The van der Waals surface area contributed by atoms with Gasteiger partial charge in [0, 0.05) is 13.0 Å². The molecule has 0 aromatic heterocycles. The molecule has 0 heterocycles. The van der Waals surface area contributed by atoms with Crippen LogP contribution in [0, 0.1) is 16.7 Å². The predicted molar refractivity (Wildman–Crippen MR) is 55.8 cm³/mol. The average molecular weight is 255 g/mol. The Balaban J connectivity index is 3.29. The van der Waals surface area contributed by atoms with Crippen LogP contribution < -0.4 is 0 Å². The first kappa shape index (κ1) is 10.7. The van der Waals surface area contributed by atoms with E-state index in [0.717, 1.165) is 0 Å². The number of nitrogens with zero attached hydrogens (tertiary/aromatic N) is 2. The second-order valence-corrected chi connectivity index (χ2v) is 3.54. The molecule has 72 valence electrons. The van der Waals surface area contributed by atoms with Crippen molar-refractivity contribution < 1.29 is 4.92 Å². The van der Waals surface area contributed by atoms with Crippen molar-refractivity contribution in [3.8, 4) is 0 Å². The third-order valence-electron chi connectivity index (χ3n) is 1.85. The van der Waals surface area contributed by atoms with E-state index >= 15 is 0 Å². The zero-order chi connectivity index (χ0) is 10.7. The van der Waals surface area contributed by atoms with Crippen LogP contribution >= 0.6 is 15.9 Å². The molecule has 0 spiro atoms. The Bertz CT molecular complexity index is 412. The highest BCUT2D eigenvalue weighted by Gasteiger charge is 2.20. The smallest absolute Gasteiger partial charge is 0.284 e. The molecule has 1 aromatic rings. The van der Waals surface area contributed by atoms with Crippen molar-refractivity contribution in [3.63, 3.8) is 0 Å². The fraction of sp³-hybridized carbons (Fsp3) is 0.222. The Hall–Kier alpha value is -1.41. The minimum Gasteiger partial charge on any atom is -0.309 e. The second-order valence-electron chi connectivity index (χ2n) is 2.74. The molecule has 0 fully saturated rings. The van der Waals surface area contributed by atoms with Crippen LogP contribution in [0.3, 0.4) is 0 Å². The zero-order valence-electron chi connectivity index (χ0n) is 7.40. The normalized spacial score (nSPS) is 11.8. The number of halogens is 1. The van der Waals surface area contributed by atoms with Gasteiger partial charge in [0.25, 0.3) is 5.69 Å².